The van der Waals surface area contributed by atoms with E-state index in [1.54, 1.807) is 6.07 Å². The fraction of sp³-hybridized carbons (Fsp3) is 0.300. The summed E-state index contributed by atoms with van der Waals surface area (Å²) in [6, 6.07) is 1.55. The maximum atomic E-state index is 11.3. The Bertz CT molecular complexity index is 331. The summed E-state index contributed by atoms with van der Waals surface area (Å²) >= 11 is 5.35. The Morgan fingerprint density at radius 3 is 3.00 bits per heavy atom. The highest BCUT2D eigenvalue weighted by molar-refractivity contribution is 6.18. The molecule has 0 aliphatic carbocycles. The molecule has 1 atom stereocenters. The second kappa shape index (κ2) is 5.58. The lowest BCUT2D eigenvalue weighted by molar-refractivity contribution is -0.139. The maximum Gasteiger partial charge on any atom is 0.336 e. The maximum absolute atomic E-state index is 11.3. The van der Waals surface area contributed by atoms with Crippen molar-refractivity contribution < 1.29 is 19.1 Å². The van der Waals surface area contributed by atoms with Gasteiger partial charge in [0, 0.05) is 5.56 Å². The number of halogens is 1. The fourth-order valence-corrected chi connectivity index (χ4v) is 1.04. The van der Waals surface area contributed by atoms with Crippen molar-refractivity contribution >= 4 is 17.6 Å². The van der Waals surface area contributed by atoms with Crippen LogP contribution in [0.25, 0.3) is 0 Å². The first-order valence-corrected chi connectivity index (χ1v) is 4.82. The topological polar surface area (TPSA) is 59.7 Å². The summed E-state index contributed by atoms with van der Waals surface area (Å²) in [4.78, 5) is 11.3. The Morgan fingerprint density at radius 1 is 1.73 bits per heavy atom. The number of ether oxygens (including phenoxy) is 1. The molecule has 1 unspecified atom stereocenters. The van der Waals surface area contributed by atoms with E-state index in [0.29, 0.717) is 5.56 Å². The lowest BCUT2D eigenvalue weighted by atomic mass is 10.1. The van der Waals surface area contributed by atoms with Gasteiger partial charge in [-0.3, -0.25) is 0 Å². The van der Waals surface area contributed by atoms with E-state index in [1.165, 1.54) is 12.5 Å². The van der Waals surface area contributed by atoms with Gasteiger partial charge < -0.3 is 14.3 Å². The van der Waals surface area contributed by atoms with Crippen LogP contribution in [0.15, 0.2) is 35.2 Å². The van der Waals surface area contributed by atoms with Crippen LogP contribution in [-0.4, -0.2) is 23.6 Å². The van der Waals surface area contributed by atoms with Gasteiger partial charge in [0.05, 0.1) is 24.0 Å². The van der Waals surface area contributed by atoms with E-state index in [0.717, 1.165) is 0 Å². The van der Waals surface area contributed by atoms with Gasteiger partial charge in [0.25, 0.3) is 0 Å². The van der Waals surface area contributed by atoms with E-state index in [-0.39, 0.29) is 18.1 Å². The van der Waals surface area contributed by atoms with Crippen LogP contribution in [0, 0.1) is 0 Å². The normalized spacial score (nSPS) is 12.1. The lowest BCUT2D eigenvalue weighted by Gasteiger charge is -2.10. The third-order valence-electron chi connectivity index (χ3n) is 1.76. The smallest absolute Gasteiger partial charge is 0.336 e. The summed E-state index contributed by atoms with van der Waals surface area (Å²) in [5, 5.41) is 9.65. The zero-order valence-electron chi connectivity index (χ0n) is 7.98. The third-order valence-corrected chi connectivity index (χ3v) is 1.92. The van der Waals surface area contributed by atoms with Gasteiger partial charge in [0.1, 0.15) is 12.7 Å². The number of aliphatic hydroxyl groups is 1. The lowest BCUT2D eigenvalue weighted by Crippen LogP contribution is -2.14. The van der Waals surface area contributed by atoms with Crippen LogP contribution in [0.2, 0.25) is 0 Å². The number of carbonyl (C=O) groups is 1. The summed E-state index contributed by atoms with van der Waals surface area (Å²) in [6.07, 6.45) is 1.63. The van der Waals surface area contributed by atoms with E-state index >= 15 is 0 Å². The number of esters is 1. The second-order valence-electron chi connectivity index (χ2n) is 2.81. The van der Waals surface area contributed by atoms with Gasteiger partial charge in [-0.25, -0.2) is 4.79 Å². The monoisotopic (exact) mass is 230 g/mol. The van der Waals surface area contributed by atoms with Crippen LogP contribution in [0.4, 0.5) is 0 Å². The number of rotatable bonds is 5. The van der Waals surface area contributed by atoms with Crippen molar-refractivity contribution in [3.8, 4) is 0 Å². The van der Waals surface area contributed by atoms with Crippen LogP contribution in [0.1, 0.15) is 11.7 Å². The van der Waals surface area contributed by atoms with Crippen LogP contribution >= 0.6 is 11.6 Å². The molecule has 1 aromatic rings. The average molecular weight is 231 g/mol. The van der Waals surface area contributed by atoms with E-state index in [4.69, 9.17) is 20.8 Å². The fourth-order valence-electron chi connectivity index (χ4n) is 0.967. The second-order valence-corrected chi connectivity index (χ2v) is 3.19. The molecule has 1 N–H and O–H groups in total. The van der Waals surface area contributed by atoms with Crippen LogP contribution in [-0.2, 0) is 9.53 Å². The first-order valence-electron chi connectivity index (χ1n) is 4.29. The number of alkyl halides is 1. The molecule has 0 spiro atoms. The molecule has 15 heavy (non-hydrogen) atoms. The minimum Gasteiger partial charge on any atom is -0.472 e. The van der Waals surface area contributed by atoms with E-state index in [2.05, 4.69) is 6.58 Å². The molecule has 1 rings (SSSR count). The molecule has 0 aromatic carbocycles. The number of hydrogen-bond acceptors (Lipinski definition) is 4. The highest BCUT2D eigenvalue weighted by Crippen LogP contribution is 2.21. The highest BCUT2D eigenvalue weighted by Gasteiger charge is 2.20. The summed E-state index contributed by atoms with van der Waals surface area (Å²) in [6.45, 7) is 3.55. The minimum atomic E-state index is -1.11. The van der Waals surface area contributed by atoms with Gasteiger partial charge in [0.2, 0.25) is 0 Å². The molecule has 0 saturated carbocycles. The van der Waals surface area contributed by atoms with Crippen molar-refractivity contribution in [3.63, 3.8) is 0 Å². The minimum absolute atomic E-state index is 0.0403. The Morgan fingerprint density at radius 2 is 2.47 bits per heavy atom. The summed E-state index contributed by atoms with van der Waals surface area (Å²) in [7, 11) is 0. The molecule has 0 bridgehead atoms. The van der Waals surface area contributed by atoms with Gasteiger partial charge in [-0.15, -0.1) is 11.6 Å². The Labute approximate surface area is 92.1 Å². The van der Waals surface area contributed by atoms with Gasteiger partial charge in [-0.2, -0.15) is 0 Å². The Hall–Kier alpha value is -1.26. The molecule has 1 aromatic heterocycles. The molecule has 4 nitrogen and oxygen atoms in total. The van der Waals surface area contributed by atoms with Gasteiger partial charge in [0.15, 0.2) is 0 Å². The SMILES string of the molecule is C=C(C(=O)OCCCl)C(O)c1ccoc1. The predicted molar refractivity (Wildman–Crippen MR) is 54.5 cm³/mol. The predicted octanol–water partition coefficient (Wildman–Crippen LogP) is 1.65. The number of carbonyl (C=O) groups excluding carboxylic acids is 1. The summed E-state index contributed by atoms with van der Waals surface area (Å²) < 4.78 is 9.48. The van der Waals surface area contributed by atoms with Crippen molar-refractivity contribution in [1.29, 1.82) is 0 Å². The van der Waals surface area contributed by atoms with Gasteiger partial charge in [-0.05, 0) is 6.07 Å². The highest BCUT2D eigenvalue weighted by atomic mass is 35.5. The zero-order valence-corrected chi connectivity index (χ0v) is 8.74. The van der Waals surface area contributed by atoms with Gasteiger partial charge in [-0.1, -0.05) is 6.58 Å². The first-order chi connectivity index (χ1) is 7.16. The Kier molecular flexibility index (Phi) is 4.39. The Balaban J connectivity index is 2.57. The zero-order chi connectivity index (χ0) is 11.3. The van der Waals surface area contributed by atoms with Crippen molar-refractivity contribution in [1.82, 2.24) is 0 Å². The van der Waals surface area contributed by atoms with E-state index in [1.807, 2.05) is 0 Å². The van der Waals surface area contributed by atoms with Crippen molar-refractivity contribution in [2.24, 2.45) is 0 Å². The molecular weight excluding hydrogens is 220 g/mol. The molecule has 0 aliphatic heterocycles. The van der Waals surface area contributed by atoms with Crippen molar-refractivity contribution in [2.45, 2.75) is 6.10 Å². The number of furan rings is 1. The standard InChI is InChI=1S/C10H11ClO4/c1-7(10(13)15-5-3-11)9(12)8-2-4-14-6-8/h2,4,6,9,12H,1,3,5H2. The summed E-state index contributed by atoms with van der Waals surface area (Å²) in [5.41, 5.74) is 0.421. The number of aliphatic hydroxyl groups excluding tert-OH is 1. The molecule has 0 amide bonds. The third kappa shape index (κ3) is 3.11. The van der Waals surface area contributed by atoms with Crippen molar-refractivity contribution in [3.05, 3.63) is 36.3 Å². The van der Waals surface area contributed by atoms with Gasteiger partial charge >= 0.3 is 5.97 Å². The quantitative estimate of drug-likeness (QED) is 0.475. The molecular formula is C10H11ClO4. The molecule has 0 saturated heterocycles. The van der Waals surface area contributed by atoms with Crippen LogP contribution in [0.3, 0.4) is 0 Å². The molecule has 82 valence electrons. The summed E-state index contributed by atoms with van der Waals surface area (Å²) in [5.74, 6) is -0.453. The van der Waals surface area contributed by atoms with E-state index < -0.39 is 12.1 Å². The van der Waals surface area contributed by atoms with Crippen LogP contribution in [0.5, 0.6) is 0 Å². The van der Waals surface area contributed by atoms with Crippen molar-refractivity contribution in [2.75, 3.05) is 12.5 Å². The van der Waals surface area contributed by atoms with E-state index in [9.17, 15) is 9.90 Å². The molecule has 5 heteroatoms. The molecule has 1 heterocycles. The molecule has 0 aliphatic rings. The van der Waals surface area contributed by atoms with Crippen LogP contribution < -0.4 is 0 Å². The first kappa shape index (κ1) is 11.8. The molecule has 0 radical (unpaired) electrons. The largest absolute Gasteiger partial charge is 0.472 e. The average Bonchev–Trinajstić information content (AvgIpc) is 2.77. The number of hydrogen-bond donors (Lipinski definition) is 1. The molecule has 0 fully saturated rings.